The van der Waals surface area contributed by atoms with E-state index in [1.165, 1.54) is 12.8 Å². The second-order valence-electron chi connectivity index (χ2n) is 5.08. The number of para-hydroxylation sites is 1. The molecule has 1 aromatic heterocycles. The molecule has 4 nitrogen and oxygen atoms in total. The van der Waals surface area contributed by atoms with Crippen molar-refractivity contribution in [3.8, 4) is 5.88 Å². The number of hydrogen-bond acceptors (Lipinski definition) is 3. The fourth-order valence-electron chi connectivity index (χ4n) is 2.73. The summed E-state index contributed by atoms with van der Waals surface area (Å²) in [7, 11) is 1.68. The van der Waals surface area contributed by atoms with E-state index < -0.39 is 0 Å². The van der Waals surface area contributed by atoms with Crippen molar-refractivity contribution in [2.45, 2.75) is 19.8 Å². The zero-order valence-electron chi connectivity index (χ0n) is 11.0. The maximum absolute atomic E-state index is 5.37. The molecule has 1 aliphatic heterocycles. The lowest BCUT2D eigenvalue weighted by Gasteiger charge is -2.32. The van der Waals surface area contributed by atoms with E-state index >= 15 is 0 Å². The second-order valence-corrected chi connectivity index (χ2v) is 5.08. The van der Waals surface area contributed by atoms with Gasteiger partial charge in [-0.05, 0) is 30.9 Å². The van der Waals surface area contributed by atoms with Gasteiger partial charge in [-0.1, -0.05) is 19.1 Å². The van der Waals surface area contributed by atoms with E-state index in [-0.39, 0.29) is 0 Å². The zero-order valence-corrected chi connectivity index (χ0v) is 11.0. The molecule has 0 amide bonds. The summed E-state index contributed by atoms with van der Waals surface area (Å²) in [4.78, 5) is 2.02. The van der Waals surface area contributed by atoms with Gasteiger partial charge >= 0.3 is 0 Å². The highest BCUT2D eigenvalue weighted by atomic mass is 16.5. The molecule has 1 aromatic carbocycles. The lowest BCUT2D eigenvalue weighted by atomic mass is 10.0. The molecule has 1 saturated heterocycles. The van der Waals surface area contributed by atoms with Crippen LogP contribution in [-0.4, -0.2) is 30.1 Å². The van der Waals surface area contributed by atoms with Crippen LogP contribution in [0.1, 0.15) is 19.8 Å². The van der Waals surface area contributed by atoms with Crippen LogP contribution in [0.3, 0.4) is 0 Å². The van der Waals surface area contributed by atoms with Gasteiger partial charge in [-0.25, -0.2) is 0 Å². The van der Waals surface area contributed by atoms with Crippen molar-refractivity contribution in [3.05, 3.63) is 24.3 Å². The van der Waals surface area contributed by atoms with Gasteiger partial charge in [0.2, 0.25) is 5.88 Å². The Bertz CT molecular complexity index is 549. The van der Waals surface area contributed by atoms with Gasteiger partial charge < -0.3 is 4.74 Å². The maximum atomic E-state index is 5.37. The Morgan fingerprint density at radius 2 is 2.17 bits per heavy atom. The molecule has 0 bridgehead atoms. The minimum Gasteiger partial charge on any atom is -0.479 e. The van der Waals surface area contributed by atoms with Crippen molar-refractivity contribution < 1.29 is 4.74 Å². The minimum atomic E-state index is 0.712. The molecule has 1 unspecified atom stereocenters. The predicted octanol–water partition coefficient (Wildman–Crippen LogP) is 2.41. The number of ether oxygens (including phenoxy) is 1. The fraction of sp³-hybridized carbons (Fsp3) is 0.500. The molecule has 1 aliphatic rings. The summed E-state index contributed by atoms with van der Waals surface area (Å²) < 4.78 is 5.37. The molecule has 3 rings (SSSR count). The van der Waals surface area contributed by atoms with E-state index in [0.717, 1.165) is 29.9 Å². The van der Waals surface area contributed by atoms with Gasteiger partial charge in [0.1, 0.15) is 0 Å². The SMILES string of the molecule is COc1nn(N2CCCC(C)C2)c2ccccc12. The third-order valence-electron chi connectivity index (χ3n) is 3.63. The predicted molar refractivity (Wildman–Crippen MR) is 72.6 cm³/mol. The number of methoxy groups -OCH3 is 1. The summed E-state index contributed by atoms with van der Waals surface area (Å²) in [5.74, 6) is 1.44. The highest BCUT2D eigenvalue weighted by Gasteiger charge is 2.20. The number of aromatic nitrogens is 2. The standard InChI is InChI=1S/C14H19N3O/c1-11-6-5-9-16(10-11)17-13-8-4-3-7-12(13)14(15-17)18-2/h3-4,7-8,11H,5-6,9-10H2,1-2H3. The van der Waals surface area contributed by atoms with Crippen LogP contribution in [0, 0.1) is 5.92 Å². The molecule has 1 atom stereocenters. The van der Waals surface area contributed by atoms with E-state index in [2.05, 4.69) is 29.2 Å². The molecule has 0 radical (unpaired) electrons. The van der Waals surface area contributed by atoms with Crippen molar-refractivity contribution >= 4 is 10.9 Å². The van der Waals surface area contributed by atoms with Gasteiger partial charge in [-0.2, -0.15) is 4.79 Å². The summed E-state index contributed by atoms with van der Waals surface area (Å²) in [5.41, 5.74) is 1.13. The van der Waals surface area contributed by atoms with E-state index in [1.54, 1.807) is 7.11 Å². The molecule has 2 heterocycles. The van der Waals surface area contributed by atoms with Gasteiger partial charge in [0.05, 0.1) is 18.0 Å². The van der Waals surface area contributed by atoms with Gasteiger partial charge in [0.25, 0.3) is 0 Å². The number of nitrogens with zero attached hydrogens (tertiary/aromatic N) is 3. The zero-order chi connectivity index (χ0) is 12.5. The molecule has 0 N–H and O–H groups in total. The van der Waals surface area contributed by atoms with E-state index in [1.807, 2.05) is 16.9 Å². The van der Waals surface area contributed by atoms with E-state index in [4.69, 9.17) is 4.74 Å². The molecule has 0 spiro atoms. The molecule has 0 aliphatic carbocycles. The van der Waals surface area contributed by atoms with Crippen molar-refractivity contribution in [1.29, 1.82) is 0 Å². The van der Waals surface area contributed by atoms with Crippen LogP contribution in [-0.2, 0) is 0 Å². The first-order valence-electron chi connectivity index (χ1n) is 6.56. The molecule has 18 heavy (non-hydrogen) atoms. The Morgan fingerprint density at radius 3 is 2.94 bits per heavy atom. The van der Waals surface area contributed by atoms with Crippen molar-refractivity contribution in [3.63, 3.8) is 0 Å². The molecule has 0 saturated carbocycles. The minimum absolute atomic E-state index is 0.712. The highest BCUT2D eigenvalue weighted by molar-refractivity contribution is 5.84. The first kappa shape index (κ1) is 11.4. The normalized spacial score (nSPS) is 20.3. The number of hydrogen-bond donors (Lipinski definition) is 0. The molecular formula is C14H19N3O. The molecule has 2 aromatic rings. The van der Waals surface area contributed by atoms with Crippen LogP contribution in [0.5, 0.6) is 5.88 Å². The van der Waals surface area contributed by atoms with Crippen molar-refractivity contribution in [1.82, 2.24) is 9.89 Å². The molecular weight excluding hydrogens is 226 g/mol. The van der Waals surface area contributed by atoms with Gasteiger partial charge in [0.15, 0.2) is 0 Å². The van der Waals surface area contributed by atoms with Crippen LogP contribution in [0.4, 0.5) is 0 Å². The van der Waals surface area contributed by atoms with Gasteiger partial charge in [-0.3, -0.25) is 5.01 Å². The number of benzene rings is 1. The molecule has 1 fully saturated rings. The van der Waals surface area contributed by atoms with Crippen molar-refractivity contribution in [2.24, 2.45) is 5.92 Å². The smallest absolute Gasteiger partial charge is 0.242 e. The summed E-state index contributed by atoms with van der Waals surface area (Å²) in [5, 5.41) is 7.99. The highest BCUT2D eigenvalue weighted by Crippen LogP contribution is 2.26. The van der Waals surface area contributed by atoms with Crippen molar-refractivity contribution in [2.75, 3.05) is 25.2 Å². The maximum Gasteiger partial charge on any atom is 0.242 e. The third kappa shape index (κ3) is 1.82. The third-order valence-corrected chi connectivity index (χ3v) is 3.63. The van der Waals surface area contributed by atoms with E-state index in [9.17, 15) is 0 Å². The summed E-state index contributed by atoms with van der Waals surface area (Å²) in [6.45, 7) is 4.43. The van der Waals surface area contributed by atoms with Crippen LogP contribution in [0.25, 0.3) is 10.9 Å². The van der Waals surface area contributed by atoms with E-state index in [0.29, 0.717) is 5.88 Å². The van der Waals surface area contributed by atoms with Crippen LogP contribution in [0.2, 0.25) is 0 Å². The average molecular weight is 245 g/mol. The first-order valence-corrected chi connectivity index (χ1v) is 6.56. The Balaban J connectivity index is 2.05. The monoisotopic (exact) mass is 245 g/mol. The quantitative estimate of drug-likeness (QED) is 0.814. The summed E-state index contributed by atoms with van der Waals surface area (Å²) >= 11 is 0. The Kier molecular flexibility index (Phi) is 2.86. The van der Waals surface area contributed by atoms with Gasteiger partial charge in [-0.15, -0.1) is 5.10 Å². The Labute approximate surface area is 107 Å². The Hall–Kier alpha value is -1.71. The van der Waals surface area contributed by atoms with Gasteiger partial charge in [0, 0.05) is 13.1 Å². The van der Waals surface area contributed by atoms with Crippen LogP contribution >= 0.6 is 0 Å². The number of fused-ring (bicyclic) bond motifs is 1. The fourth-order valence-corrected chi connectivity index (χ4v) is 2.73. The first-order chi connectivity index (χ1) is 8.79. The molecule has 4 heteroatoms. The Morgan fingerprint density at radius 1 is 1.33 bits per heavy atom. The topological polar surface area (TPSA) is 30.3 Å². The average Bonchev–Trinajstić information content (AvgIpc) is 2.77. The van der Waals surface area contributed by atoms with Crippen LogP contribution < -0.4 is 9.75 Å². The lowest BCUT2D eigenvalue weighted by molar-refractivity contribution is 0.356. The summed E-state index contributed by atoms with van der Waals surface area (Å²) in [6.07, 6.45) is 2.55. The lowest BCUT2D eigenvalue weighted by Crippen LogP contribution is -2.42. The molecule has 96 valence electrons. The largest absolute Gasteiger partial charge is 0.479 e. The van der Waals surface area contributed by atoms with Crippen LogP contribution in [0.15, 0.2) is 24.3 Å². The number of piperidine rings is 1. The number of rotatable bonds is 2. The summed E-state index contributed by atoms with van der Waals surface area (Å²) in [6, 6.07) is 8.23. The second kappa shape index (κ2) is 4.52.